The molecular formula is C16H16O2P+. The van der Waals surface area contributed by atoms with Gasteiger partial charge in [-0.15, -0.1) is 0 Å². The van der Waals surface area contributed by atoms with Crippen molar-refractivity contribution in [3.05, 3.63) is 64.2 Å². The summed E-state index contributed by atoms with van der Waals surface area (Å²) in [7, 11) is -0.533. The van der Waals surface area contributed by atoms with E-state index < -0.39 is 8.46 Å². The van der Waals surface area contributed by atoms with Crippen LogP contribution >= 0.6 is 8.46 Å². The Morgan fingerprint density at radius 2 is 1.63 bits per heavy atom. The van der Waals surface area contributed by atoms with E-state index in [0.29, 0.717) is 10.9 Å². The van der Waals surface area contributed by atoms with Crippen molar-refractivity contribution in [1.29, 1.82) is 0 Å². The molecule has 0 saturated carbocycles. The van der Waals surface area contributed by atoms with E-state index in [1.807, 2.05) is 32.9 Å². The van der Waals surface area contributed by atoms with E-state index in [-0.39, 0.29) is 5.78 Å². The molecule has 0 amide bonds. The molecule has 1 atom stereocenters. The predicted molar refractivity (Wildman–Crippen MR) is 79.2 cm³/mol. The number of aryl methyl sites for hydroxylation is 3. The fraction of sp³-hybridized carbons (Fsp3) is 0.188. The zero-order chi connectivity index (χ0) is 14.0. The molecule has 0 aliphatic carbocycles. The Labute approximate surface area is 114 Å². The minimum absolute atomic E-state index is 0.00454. The first-order valence-corrected chi connectivity index (χ1v) is 7.04. The molecule has 0 spiro atoms. The third kappa shape index (κ3) is 2.80. The van der Waals surface area contributed by atoms with Gasteiger partial charge < -0.3 is 0 Å². The van der Waals surface area contributed by atoms with Crippen molar-refractivity contribution in [2.45, 2.75) is 20.8 Å². The molecule has 1 unspecified atom stereocenters. The minimum Gasteiger partial charge on any atom is -0.289 e. The molecule has 0 N–H and O–H groups in total. The molecule has 0 fully saturated rings. The van der Waals surface area contributed by atoms with E-state index in [0.717, 1.165) is 22.3 Å². The van der Waals surface area contributed by atoms with Crippen LogP contribution in [0.25, 0.3) is 0 Å². The normalized spacial score (nSPS) is 10.7. The van der Waals surface area contributed by atoms with Crippen molar-refractivity contribution in [3.8, 4) is 0 Å². The van der Waals surface area contributed by atoms with Gasteiger partial charge in [-0.05, 0) is 38.0 Å². The standard InChI is InChI=1S/C16H15O2P/c1-10-7-11(2)15(12(3)8-10)16(17)13-5-4-6-14(9-13)19-18/h4-9H,1-3H3/p+1. The SMILES string of the molecule is Cc1cc(C)c(C(=O)c2cccc([PH+]=O)c2)c(C)c1. The minimum atomic E-state index is -0.533. The molecule has 3 heteroatoms. The van der Waals surface area contributed by atoms with Gasteiger partial charge in [-0.25, -0.2) is 0 Å². The number of carbonyl (C=O) groups excluding carboxylic acids is 1. The summed E-state index contributed by atoms with van der Waals surface area (Å²) in [6.45, 7) is 5.92. The number of benzene rings is 2. The van der Waals surface area contributed by atoms with Crippen molar-refractivity contribution >= 4 is 19.5 Å². The van der Waals surface area contributed by atoms with Gasteiger partial charge in [-0.1, -0.05) is 34.4 Å². The molecule has 0 heterocycles. The maximum atomic E-state index is 12.6. The van der Waals surface area contributed by atoms with Gasteiger partial charge in [-0.2, -0.15) is 0 Å². The highest BCUT2D eigenvalue weighted by Crippen LogP contribution is 2.20. The summed E-state index contributed by atoms with van der Waals surface area (Å²) >= 11 is 0. The molecule has 0 aromatic heterocycles. The lowest BCUT2D eigenvalue weighted by atomic mass is 9.93. The summed E-state index contributed by atoms with van der Waals surface area (Å²) < 4.78 is 10.9. The molecule has 96 valence electrons. The first-order valence-electron chi connectivity index (χ1n) is 6.13. The van der Waals surface area contributed by atoms with Crippen LogP contribution < -0.4 is 5.30 Å². The molecule has 2 rings (SSSR count). The average molecular weight is 271 g/mol. The Balaban J connectivity index is 2.53. The average Bonchev–Trinajstić information content (AvgIpc) is 2.37. The van der Waals surface area contributed by atoms with Gasteiger partial charge in [0.25, 0.3) is 0 Å². The Morgan fingerprint density at radius 1 is 1.00 bits per heavy atom. The molecule has 2 aromatic carbocycles. The van der Waals surface area contributed by atoms with E-state index in [1.165, 1.54) is 0 Å². The lowest BCUT2D eigenvalue weighted by Crippen LogP contribution is -2.08. The lowest BCUT2D eigenvalue weighted by molar-refractivity contribution is 0.103. The van der Waals surface area contributed by atoms with Gasteiger partial charge >= 0.3 is 8.46 Å². The van der Waals surface area contributed by atoms with Crippen molar-refractivity contribution < 1.29 is 9.36 Å². The van der Waals surface area contributed by atoms with Crippen molar-refractivity contribution in [2.75, 3.05) is 0 Å². The fourth-order valence-corrected chi connectivity index (χ4v) is 2.79. The van der Waals surface area contributed by atoms with Crippen LogP contribution in [0.2, 0.25) is 0 Å². The van der Waals surface area contributed by atoms with E-state index in [2.05, 4.69) is 0 Å². The number of hydrogen-bond donors (Lipinski definition) is 0. The molecule has 0 radical (unpaired) electrons. The summed E-state index contributed by atoms with van der Waals surface area (Å²) in [6, 6.07) is 11.0. The lowest BCUT2D eigenvalue weighted by Gasteiger charge is -2.10. The van der Waals surface area contributed by atoms with Gasteiger partial charge in [0.05, 0.1) is 0 Å². The third-order valence-corrected chi connectivity index (χ3v) is 3.69. The number of rotatable bonds is 3. The Bertz CT molecular complexity index is 637. The van der Waals surface area contributed by atoms with E-state index in [9.17, 15) is 9.36 Å². The van der Waals surface area contributed by atoms with Crippen LogP contribution in [0, 0.1) is 20.8 Å². The van der Waals surface area contributed by atoms with Crippen LogP contribution in [0.15, 0.2) is 36.4 Å². The van der Waals surface area contributed by atoms with Gasteiger partial charge in [-0.3, -0.25) is 4.79 Å². The second kappa shape index (κ2) is 5.46. The Kier molecular flexibility index (Phi) is 3.92. The van der Waals surface area contributed by atoms with Crippen molar-refractivity contribution in [2.24, 2.45) is 0 Å². The zero-order valence-corrected chi connectivity index (χ0v) is 12.3. The number of hydrogen-bond acceptors (Lipinski definition) is 2. The van der Waals surface area contributed by atoms with Crippen LogP contribution in [-0.4, -0.2) is 5.78 Å². The maximum absolute atomic E-state index is 12.6. The van der Waals surface area contributed by atoms with E-state index in [4.69, 9.17) is 0 Å². The van der Waals surface area contributed by atoms with Crippen LogP contribution in [0.3, 0.4) is 0 Å². The monoisotopic (exact) mass is 271 g/mol. The second-order valence-corrected chi connectivity index (χ2v) is 5.57. The second-order valence-electron chi connectivity index (χ2n) is 4.79. The van der Waals surface area contributed by atoms with Crippen LogP contribution in [-0.2, 0) is 4.57 Å². The summed E-state index contributed by atoms with van der Waals surface area (Å²) in [4.78, 5) is 12.6. The first kappa shape index (κ1) is 13.6. The molecule has 0 bridgehead atoms. The van der Waals surface area contributed by atoms with Crippen LogP contribution in [0.4, 0.5) is 0 Å². The van der Waals surface area contributed by atoms with Gasteiger partial charge in [0.2, 0.25) is 0 Å². The molecule has 2 aromatic rings. The summed E-state index contributed by atoms with van der Waals surface area (Å²) in [6.07, 6.45) is 0. The zero-order valence-electron chi connectivity index (χ0n) is 11.3. The van der Waals surface area contributed by atoms with Crippen LogP contribution in [0.1, 0.15) is 32.6 Å². The largest absolute Gasteiger partial charge is 0.363 e. The Hall–Kier alpha value is -1.79. The third-order valence-electron chi connectivity index (χ3n) is 3.15. The topological polar surface area (TPSA) is 34.1 Å². The van der Waals surface area contributed by atoms with Gasteiger partial charge in [0.15, 0.2) is 11.1 Å². The number of ketones is 1. The summed E-state index contributed by atoms with van der Waals surface area (Å²) in [5, 5.41) is 0.674. The summed E-state index contributed by atoms with van der Waals surface area (Å²) in [5.74, 6) is -0.00454. The molecule has 19 heavy (non-hydrogen) atoms. The van der Waals surface area contributed by atoms with E-state index in [1.54, 1.807) is 24.3 Å². The molecular weight excluding hydrogens is 255 g/mol. The van der Waals surface area contributed by atoms with Gasteiger partial charge in [0.1, 0.15) is 0 Å². The van der Waals surface area contributed by atoms with Gasteiger partial charge in [0, 0.05) is 17.2 Å². The number of carbonyl (C=O) groups is 1. The fourth-order valence-electron chi connectivity index (χ4n) is 2.41. The Morgan fingerprint density at radius 3 is 2.21 bits per heavy atom. The highest BCUT2D eigenvalue weighted by molar-refractivity contribution is 7.34. The van der Waals surface area contributed by atoms with E-state index >= 15 is 0 Å². The predicted octanol–water partition coefficient (Wildman–Crippen LogP) is 3.49. The van der Waals surface area contributed by atoms with Crippen molar-refractivity contribution in [1.82, 2.24) is 0 Å². The maximum Gasteiger partial charge on any atom is 0.363 e. The highest BCUT2D eigenvalue weighted by atomic mass is 31.1. The molecule has 0 saturated heterocycles. The molecule has 2 nitrogen and oxygen atoms in total. The first-order chi connectivity index (χ1) is 9.02. The quantitative estimate of drug-likeness (QED) is 0.632. The smallest absolute Gasteiger partial charge is 0.289 e. The highest BCUT2D eigenvalue weighted by Gasteiger charge is 2.16. The van der Waals surface area contributed by atoms with Crippen LogP contribution in [0.5, 0.6) is 0 Å². The molecule has 0 aliphatic rings. The molecule has 0 aliphatic heterocycles. The summed E-state index contributed by atoms with van der Waals surface area (Å²) in [5.41, 5.74) is 4.46. The van der Waals surface area contributed by atoms with Crippen molar-refractivity contribution in [3.63, 3.8) is 0 Å².